The van der Waals surface area contributed by atoms with Crippen LogP contribution in [-0.4, -0.2) is 12.7 Å². The fourth-order valence-corrected chi connectivity index (χ4v) is 2.51. The van der Waals surface area contributed by atoms with Crippen molar-refractivity contribution >= 4 is 27.5 Å². The van der Waals surface area contributed by atoms with Crippen molar-refractivity contribution in [2.75, 3.05) is 6.61 Å². The van der Waals surface area contributed by atoms with Crippen molar-refractivity contribution in [3.63, 3.8) is 0 Å². The fraction of sp³-hybridized carbons (Fsp3) is 0.571. The quantitative estimate of drug-likeness (QED) is 0.798. The molecule has 5 heteroatoms. The van der Waals surface area contributed by atoms with E-state index in [1.807, 2.05) is 27.7 Å². The number of benzene rings is 1. The zero-order valence-corrected chi connectivity index (χ0v) is 14.0. The summed E-state index contributed by atoms with van der Waals surface area (Å²) >= 11 is 9.10. The Kier molecular flexibility index (Phi) is 5.80. The van der Waals surface area contributed by atoms with E-state index < -0.39 is 11.9 Å². The molecule has 2 N–H and O–H groups in total. The van der Waals surface area contributed by atoms with Gasteiger partial charge in [0, 0.05) is 16.6 Å². The molecule has 0 saturated carbocycles. The first-order valence-electron chi connectivity index (χ1n) is 6.20. The highest BCUT2D eigenvalue weighted by molar-refractivity contribution is 9.10. The third-order valence-corrected chi connectivity index (χ3v) is 4.21. The molecule has 108 valence electrons. The largest absolute Gasteiger partial charge is 0.376 e. The van der Waals surface area contributed by atoms with Gasteiger partial charge in [0.2, 0.25) is 0 Å². The van der Waals surface area contributed by atoms with Crippen molar-refractivity contribution < 1.29 is 9.13 Å². The van der Waals surface area contributed by atoms with Crippen LogP contribution in [-0.2, 0) is 4.74 Å². The van der Waals surface area contributed by atoms with Crippen LogP contribution < -0.4 is 5.73 Å². The second kappa shape index (κ2) is 6.53. The first kappa shape index (κ1) is 16.9. The summed E-state index contributed by atoms with van der Waals surface area (Å²) in [4.78, 5) is 0. The molecule has 0 spiro atoms. The second-order valence-electron chi connectivity index (χ2n) is 5.53. The summed E-state index contributed by atoms with van der Waals surface area (Å²) in [5, 5.41) is 0.0529. The molecule has 1 aromatic rings. The van der Waals surface area contributed by atoms with Crippen molar-refractivity contribution in [2.24, 2.45) is 11.1 Å². The summed E-state index contributed by atoms with van der Waals surface area (Å²) in [6.45, 7) is 8.49. The van der Waals surface area contributed by atoms with E-state index in [1.165, 1.54) is 0 Å². The summed E-state index contributed by atoms with van der Waals surface area (Å²) in [6, 6.07) is 2.78. The molecule has 0 bridgehead atoms. The standard InChI is InChI=1S/C14H20BrClFNO/c1-5-19-13(14(2,3)4)12(18)8-6-7-9(15)10(16)11(8)17/h6-7,12-13H,5,18H2,1-4H3. The summed E-state index contributed by atoms with van der Waals surface area (Å²) in [5.41, 5.74) is 6.38. The van der Waals surface area contributed by atoms with Crippen LogP contribution in [0.1, 0.15) is 39.3 Å². The lowest BCUT2D eigenvalue weighted by molar-refractivity contribution is -0.0289. The van der Waals surface area contributed by atoms with E-state index in [2.05, 4.69) is 15.9 Å². The Labute approximate surface area is 127 Å². The summed E-state index contributed by atoms with van der Waals surface area (Å²) in [5.74, 6) is -0.488. The number of halogens is 3. The van der Waals surface area contributed by atoms with Crippen LogP contribution in [0.4, 0.5) is 4.39 Å². The van der Waals surface area contributed by atoms with E-state index in [9.17, 15) is 4.39 Å². The maximum absolute atomic E-state index is 14.2. The van der Waals surface area contributed by atoms with Gasteiger partial charge < -0.3 is 10.5 Å². The lowest BCUT2D eigenvalue weighted by atomic mass is 9.82. The molecule has 0 amide bonds. The van der Waals surface area contributed by atoms with E-state index in [0.717, 1.165) is 0 Å². The van der Waals surface area contributed by atoms with Crippen molar-refractivity contribution in [1.29, 1.82) is 0 Å². The van der Waals surface area contributed by atoms with Crippen LogP contribution in [0.2, 0.25) is 5.02 Å². The minimum Gasteiger partial charge on any atom is -0.376 e. The van der Waals surface area contributed by atoms with E-state index in [-0.39, 0.29) is 16.5 Å². The minimum absolute atomic E-state index is 0.0529. The summed E-state index contributed by atoms with van der Waals surface area (Å²) in [6.07, 6.45) is -0.288. The number of hydrogen-bond donors (Lipinski definition) is 1. The van der Waals surface area contributed by atoms with Crippen molar-refractivity contribution in [3.05, 3.63) is 33.0 Å². The summed E-state index contributed by atoms with van der Waals surface area (Å²) < 4.78 is 20.4. The Bertz CT molecular complexity index is 448. The molecule has 1 rings (SSSR count). The molecule has 19 heavy (non-hydrogen) atoms. The van der Waals surface area contributed by atoms with Gasteiger partial charge in [0.25, 0.3) is 0 Å². The van der Waals surface area contributed by atoms with Gasteiger partial charge in [-0.1, -0.05) is 38.4 Å². The fourth-order valence-electron chi connectivity index (χ4n) is 2.03. The molecule has 2 nitrogen and oxygen atoms in total. The third kappa shape index (κ3) is 3.91. The highest BCUT2D eigenvalue weighted by Gasteiger charge is 2.33. The highest BCUT2D eigenvalue weighted by atomic mass is 79.9. The number of ether oxygens (including phenoxy) is 1. The SMILES string of the molecule is CCOC(C(N)c1ccc(Br)c(Cl)c1F)C(C)(C)C. The van der Waals surface area contributed by atoms with E-state index in [4.69, 9.17) is 22.1 Å². The zero-order chi connectivity index (χ0) is 14.8. The van der Waals surface area contributed by atoms with Gasteiger partial charge in [-0.25, -0.2) is 4.39 Å². The maximum atomic E-state index is 14.2. The molecule has 0 aliphatic carbocycles. The molecule has 0 fully saturated rings. The maximum Gasteiger partial charge on any atom is 0.147 e. The van der Waals surface area contributed by atoms with Gasteiger partial charge in [0.1, 0.15) is 5.82 Å². The second-order valence-corrected chi connectivity index (χ2v) is 6.76. The Balaban J connectivity index is 3.17. The average molecular weight is 353 g/mol. The molecular weight excluding hydrogens is 333 g/mol. The van der Waals surface area contributed by atoms with Gasteiger partial charge in [0.05, 0.1) is 17.2 Å². The first-order chi connectivity index (χ1) is 8.70. The lowest BCUT2D eigenvalue weighted by Crippen LogP contribution is -2.39. The molecule has 1 aromatic carbocycles. The topological polar surface area (TPSA) is 35.2 Å². The van der Waals surface area contributed by atoms with E-state index in [1.54, 1.807) is 12.1 Å². The first-order valence-corrected chi connectivity index (χ1v) is 7.37. The lowest BCUT2D eigenvalue weighted by Gasteiger charge is -2.35. The van der Waals surface area contributed by atoms with Crippen LogP contribution in [0.15, 0.2) is 16.6 Å². The number of hydrogen-bond acceptors (Lipinski definition) is 2. The summed E-state index contributed by atoms with van der Waals surface area (Å²) in [7, 11) is 0. The smallest absolute Gasteiger partial charge is 0.147 e. The molecule has 0 aromatic heterocycles. The van der Waals surface area contributed by atoms with Crippen LogP contribution in [0, 0.1) is 11.2 Å². The van der Waals surface area contributed by atoms with Crippen LogP contribution in [0.25, 0.3) is 0 Å². The molecule has 0 aliphatic heterocycles. The minimum atomic E-state index is -0.564. The third-order valence-electron chi connectivity index (χ3n) is 2.95. The van der Waals surface area contributed by atoms with Crippen LogP contribution >= 0.6 is 27.5 Å². The van der Waals surface area contributed by atoms with Gasteiger partial charge in [0.15, 0.2) is 0 Å². The molecule has 0 saturated heterocycles. The Hall–Kier alpha value is -0.160. The Morgan fingerprint density at radius 1 is 1.42 bits per heavy atom. The number of rotatable bonds is 4. The van der Waals surface area contributed by atoms with Gasteiger partial charge in [-0.15, -0.1) is 0 Å². The van der Waals surface area contributed by atoms with Crippen LogP contribution in [0.5, 0.6) is 0 Å². The van der Waals surface area contributed by atoms with Gasteiger partial charge >= 0.3 is 0 Å². The highest BCUT2D eigenvalue weighted by Crippen LogP contribution is 2.36. The molecule has 0 radical (unpaired) electrons. The molecule has 2 unspecified atom stereocenters. The van der Waals surface area contributed by atoms with Crippen LogP contribution in [0.3, 0.4) is 0 Å². The zero-order valence-electron chi connectivity index (χ0n) is 11.6. The predicted octanol–water partition coefficient (Wildman–Crippen LogP) is 4.69. The molecule has 0 aliphatic rings. The Morgan fingerprint density at radius 2 is 2.00 bits per heavy atom. The van der Waals surface area contributed by atoms with E-state index in [0.29, 0.717) is 16.6 Å². The van der Waals surface area contributed by atoms with E-state index >= 15 is 0 Å². The molecule has 2 atom stereocenters. The van der Waals surface area contributed by atoms with Crippen molar-refractivity contribution in [3.8, 4) is 0 Å². The average Bonchev–Trinajstić information content (AvgIpc) is 2.31. The van der Waals surface area contributed by atoms with Crippen molar-refractivity contribution in [2.45, 2.75) is 39.8 Å². The van der Waals surface area contributed by atoms with Gasteiger partial charge in [-0.2, -0.15) is 0 Å². The number of nitrogens with two attached hydrogens (primary N) is 1. The Morgan fingerprint density at radius 3 is 2.47 bits per heavy atom. The molecule has 0 heterocycles. The molecular formula is C14H20BrClFNO. The van der Waals surface area contributed by atoms with Crippen molar-refractivity contribution in [1.82, 2.24) is 0 Å². The predicted molar refractivity (Wildman–Crippen MR) is 80.9 cm³/mol. The van der Waals surface area contributed by atoms with Gasteiger partial charge in [-0.05, 0) is 34.3 Å². The normalized spacial score (nSPS) is 15.4. The monoisotopic (exact) mass is 351 g/mol. The van der Waals surface area contributed by atoms with Gasteiger partial charge in [-0.3, -0.25) is 0 Å².